The Morgan fingerprint density at radius 3 is 2.40 bits per heavy atom. The molecule has 0 bridgehead atoms. The number of aliphatic carboxylic acids is 1. The monoisotopic (exact) mass is 540 g/mol. The summed E-state index contributed by atoms with van der Waals surface area (Å²) < 4.78 is 15.0. The molecule has 11 heteroatoms. The zero-order valence-electron chi connectivity index (χ0n) is 21.1. The van der Waals surface area contributed by atoms with Crippen LogP contribution in [0.15, 0.2) is 96.4 Å². The van der Waals surface area contributed by atoms with Gasteiger partial charge in [0.05, 0.1) is 30.0 Å². The quantitative estimate of drug-likeness (QED) is 0.272. The number of aliphatic imine (C=N–C) groups is 1. The van der Waals surface area contributed by atoms with Gasteiger partial charge in [-0.15, -0.1) is 0 Å². The Morgan fingerprint density at radius 1 is 1.00 bits per heavy atom. The number of carboxylic acids is 1. The van der Waals surface area contributed by atoms with Crippen LogP contribution in [0.3, 0.4) is 0 Å². The molecule has 5 rings (SSSR count). The molecule has 0 saturated carbocycles. The van der Waals surface area contributed by atoms with Crippen molar-refractivity contribution in [3.05, 3.63) is 120 Å². The van der Waals surface area contributed by atoms with Gasteiger partial charge in [-0.1, -0.05) is 60.7 Å². The number of H-pyrrole nitrogens is 1. The Balaban J connectivity index is 1.50. The lowest BCUT2D eigenvalue weighted by molar-refractivity contribution is -0.139. The predicted molar refractivity (Wildman–Crippen MR) is 145 cm³/mol. The summed E-state index contributed by atoms with van der Waals surface area (Å²) in [4.78, 5) is 51.8. The van der Waals surface area contributed by atoms with Crippen LogP contribution in [-0.4, -0.2) is 50.9 Å². The van der Waals surface area contributed by atoms with Crippen molar-refractivity contribution in [2.75, 3.05) is 4.90 Å². The number of rotatable bonds is 8. The molecule has 4 N–H and O–H groups in total. The molecule has 10 nitrogen and oxygen atoms in total. The third-order valence-corrected chi connectivity index (χ3v) is 6.37. The molecule has 0 saturated heterocycles. The molecule has 2 heterocycles. The molecule has 40 heavy (non-hydrogen) atoms. The van der Waals surface area contributed by atoms with E-state index in [1.807, 2.05) is 0 Å². The molecule has 0 spiro atoms. The standard InChI is InChI=1S/C29H25FN6O4/c30-22-12-6-4-10-20(22)25-21-11-5-7-13-24(21)36(16-19-15-31-17-32-19)27(37)26(34-25)35-29(40)33-23(28(38)39)14-18-8-2-1-3-9-18/h1-13,15,17,23,26H,14,16H2,(H,31,32)(H,38,39)(H2,33,35,40)/t23-,26-/m0/s1. The Bertz CT molecular complexity index is 1560. The van der Waals surface area contributed by atoms with Gasteiger partial charge in [0.2, 0.25) is 6.17 Å². The Labute approximate surface area is 228 Å². The minimum atomic E-state index is -1.49. The van der Waals surface area contributed by atoms with Crippen LogP contribution < -0.4 is 15.5 Å². The molecule has 2 atom stereocenters. The number of nitrogens with zero attached hydrogens (tertiary/aromatic N) is 3. The van der Waals surface area contributed by atoms with Crippen LogP contribution in [0, 0.1) is 5.82 Å². The van der Waals surface area contributed by atoms with Crippen LogP contribution in [0.4, 0.5) is 14.9 Å². The van der Waals surface area contributed by atoms with Crippen LogP contribution in [-0.2, 0) is 22.6 Å². The number of hydrogen-bond acceptors (Lipinski definition) is 5. The van der Waals surface area contributed by atoms with Crippen molar-refractivity contribution in [3.8, 4) is 0 Å². The number of imidazole rings is 1. The zero-order chi connectivity index (χ0) is 28.1. The maximum absolute atomic E-state index is 15.0. The average Bonchev–Trinajstić information content (AvgIpc) is 3.44. The number of carbonyl (C=O) groups excluding carboxylic acids is 2. The Morgan fingerprint density at radius 2 is 1.70 bits per heavy atom. The molecular formula is C29H25FN6O4. The lowest BCUT2D eigenvalue weighted by Gasteiger charge is -2.25. The van der Waals surface area contributed by atoms with Gasteiger partial charge in [0.1, 0.15) is 11.9 Å². The second kappa shape index (κ2) is 11.6. The molecule has 0 radical (unpaired) electrons. The van der Waals surface area contributed by atoms with Gasteiger partial charge in [0, 0.05) is 23.7 Å². The van der Waals surface area contributed by atoms with Gasteiger partial charge in [-0.25, -0.2) is 24.0 Å². The topological polar surface area (TPSA) is 140 Å². The molecule has 0 fully saturated rings. The lowest BCUT2D eigenvalue weighted by atomic mass is 9.99. The third-order valence-electron chi connectivity index (χ3n) is 6.37. The van der Waals surface area contributed by atoms with Gasteiger partial charge in [0.25, 0.3) is 5.91 Å². The SMILES string of the molecule is O=C(N[C@@H](Cc1ccccc1)C(=O)O)N[C@@H]1N=C(c2ccccc2F)c2ccccc2N(Cc2cnc[nH]2)C1=O. The maximum Gasteiger partial charge on any atom is 0.326 e. The summed E-state index contributed by atoms with van der Waals surface area (Å²) in [6.45, 7) is 0.0709. The second-order valence-corrected chi connectivity index (χ2v) is 9.08. The average molecular weight is 541 g/mol. The summed E-state index contributed by atoms with van der Waals surface area (Å²) in [6.07, 6.45) is 1.59. The van der Waals surface area contributed by atoms with E-state index in [1.54, 1.807) is 72.9 Å². The molecule has 3 amide bonds. The number of fused-ring (bicyclic) bond motifs is 1. The number of anilines is 1. The molecule has 1 aromatic heterocycles. The van der Waals surface area contributed by atoms with Gasteiger partial charge in [-0.2, -0.15) is 0 Å². The molecule has 0 unspecified atom stereocenters. The van der Waals surface area contributed by atoms with Gasteiger partial charge in [-0.05, 0) is 23.8 Å². The van der Waals surface area contributed by atoms with Crippen molar-refractivity contribution in [1.82, 2.24) is 20.6 Å². The summed E-state index contributed by atoms with van der Waals surface area (Å²) in [5.74, 6) is -2.39. The lowest BCUT2D eigenvalue weighted by Crippen LogP contribution is -2.53. The molecule has 3 aromatic carbocycles. The minimum Gasteiger partial charge on any atom is -0.480 e. The summed E-state index contributed by atoms with van der Waals surface area (Å²) in [7, 11) is 0. The molecule has 0 aliphatic carbocycles. The number of carbonyl (C=O) groups is 3. The van der Waals surface area contributed by atoms with Crippen molar-refractivity contribution >= 4 is 29.3 Å². The highest BCUT2D eigenvalue weighted by atomic mass is 19.1. The highest BCUT2D eigenvalue weighted by molar-refractivity contribution is 6.20. The van der Waals surface area contributed by atoms with Crippen molar-refractivity contribution < 1.29 is 23.9 Å². The van der Waals surface area contributed by atoms with E-state index in [0.29, 0.717) is 22.5 Å². The summed E-state index contributed by atoms with van der Waals surface area (Å²) in [5.41, 5.74) is 2.58. The molecule has 1 aliphatic heterocycles. The number of amides is 3. The highest BCUT2D eigenvalue weighted by Gasteiger charge is 2.34. The number of aromatic nitrogens is 2. The largest absolute Gasteiger partial charge is 0.480 e. The smallest absolute Gasteiger partial charge is 0.326 e. The highest BCUT2D eigenvalue weighted by Crippen LogP contribution is 2.30. The van der Waals surface area contributed by atoms with E-state index in [-0.39, 0.29) is 24.2 Å². The number of benzene rings is 3. The number of urea groups is 1. The fraction of sp³-hybridized carbons (Fsp3) is 0.138. The Hall–Kier alpha value is -5.32. The fourth-order valence-corrected chi connectivity index (χ4v) is 4.47. The number of hydrogen-bond donors (Lipinski definition) is 4. The first-order valence-electron chi connectivity index (χ1n) is 12.4. The van der Waals surface area contributed by atoms with Gasteiger partial charge < -0.3 is 25.6 Å². The van der Waals surface area contributed by atoms with Crippen LogP contribution in [0.5, 0.6) is 0 Å². The molecule has 4 aromatic rings. The summed E-state index contributed by atoms with van der Waals surface area (Å²) in [5, 5.41) is 14.6. The normalized spacial score (nSPS) is 15.4. The molecule has 202 valence electrons. The van der Waals surface area contributed by atoms with E-state index in [0.717, 1.165) is 0 Å². The number of benzodiazepines with no additional fused rings is 1. The third kappa shape index (κ3) is 5.73. The fourth-order valence-electron chi connectivity index (χ4n) is 4.47. The number of nitrogens with one attached hydrogen (secondary N) is 3. The van der Waals surface area contributed by atoms with E-state index in [9.17, 15) is 19.5 Å². The first-order valence-corrected chi connectivity index (χ1v) is 12.4. The number of halogens is 1. The van der Waals surface area contributed by atoms with Crippen LogP contribution >= 0.6 is 0 Å². The maximum atomic E-state index is 15.0. The van der Waals surface area contributed by atoms with E-state index in [4.69, 9.17) is 0 Å². The number of aromatic amines is 1. The summed E-state index contributed by atoms with van der Waals surface area (Å²) in [6, 6.07) is 19.6. The van der Waals surface area contributed by atoms with Crippen molar-refractivity contribution in [2.45, 2.75) is 25.2 Å². The summed E-state index contributed by atoms with van der Waals surface area (Å²) >= 11 is 0. The second-order valence-electron chi connectivity index (χ2n) is 9.08. The van der Waals surface area contributed by atoms with Crippen molar-refractivity contribution in [3.63, 3.8) is 0 Å². The zero-order valence-corrected chi connectivity index (χ0v) is 21.1. The van der Waals surface area contributed by atoms with Crippen LogP contribution in [0.2, 0.25) is 0 Å². The first kappa shape index (κ1) is 26.3. The molecule has 1 aliphatic rings. The van der Waals surface area contributed by atoms with Gasteiger partial charge >= 0.3 is 12.0 Å². The van der Waals surface area contributed by atoms with Crippen molar-refractivity contribution in [1.29, 1.82) is 0 Å². The van der Waals surface area contributed by atoms with E-state index < -0.39 is 35.9 Å². The van der Waals surface area contributed by atoms with E-state index in [2.05, 4.69) is 25.6 Å². The van der Waals surface area contributed by atoms with Crippen LogP contribution in [0.1, 0.15) is 22.4 Å². The minimum absolute atomic E-state index is 0.0311. The molecular weight excluding hydrogens is 515 g/mol. The number of para-hydroxylation sites is 1. The van der Waals surface area contributed by atoms with Crippen molar-refractivity contribution in [2.24, 2.45) is 4.99 Å². The van der Waals surface area contributed by atoms with E-state index >= 15 is 4.39 Å². The van der Waals surface area contributed by atoms with Gasteiger partial charge in [0.15, 0.2) is 0 Å². The predicted octanol–water partition coefficient (Wildman–Crippen LogP) is 3.25. The number of carboxylic acid groups (broad SMARTS) is 1. The van der Waals surface area contributed by atoms with Crippen LogP contribution in [0.25, 0.3) is 0 Å². The van der Waals surface area contributed by atoms with Gasteiger partial charge in [-0.3, -0.25) is 4.79 Å². The Kier molecular flexibility index (Phi) is 7.63. The first-order chi connectivity index (χ1) is 19.4. The van der Waals surface area contributed by atoms with E-state index in [1.165, 1.54) is 23.4 Å².